The first-order valence-corrected chi connectivity index (χ1v) is 9.57. The molecule has 1 atom stereocenters. The third kappa shape index (κ3) is 4.12. The number of piperidine rings is 1. The van der Waals surface area contributed by atoms with Gasteiger partial charge in [0, 0.05) is 12.7 Å². The molecule has 8 heteroatoms. The van der Waals surface area contributed by atoms with Crippen LogP contribution in [0.15, 0.2) is 53.8 Å². The average Bonchev–Trinajstić information content (AvgIpc) is 3.44. The molecule has 1 fully saturated rings. The summed E-state index contributed by atoms with van der Waals surface area (Å²) in [6, 6.07) is 7.43. The van der Waals surface area contributed by atoms with E-state index in [-0.39, 0.29) is 11.9 Å². The molecule has 8 nitrogen and oxygen atoms in total. The second kappa shape index (κ2) is 8.35. The largest absolute Gasteiger partial charge is 0.468 e. The molecule has 28 heavy (non-hydrogen) atoms. The van der Waals surface area contributed by atoms with Gasteiger partial charge in [0.1, 0.15) is 24.2 Å². The summed E-state index contributed by atoms with van der Waals surface area (Å²) in [6.45, 7) is 4.81. The SMILES string of the molecule is CC1CCN(C(CNC(=O)c2ccc(-n3cnnc3)nc2)c2ccco2)CC1. The van der Waals surface area contributed by atoms with Gasteiger partial charge in [0.25, 0.3) is 5.91 Å². The Labute approximate surface area is 163 Å². The van der Waals surface area contributed by atoms with Gasteiger partial charge >= 0.3 is 0 Å². The van der Waals surface area contributed by atoms with E-state index < -0.39 is 0 Å². The summed E-state index contributed by atoms with van der Waals surface area (Å²) in [5.74, 6) is 2.15. The molecule has 0 radical (unpaired) electrons. The van der Waals surface area contributed by atoms with Crippen LogP contribution in [0.1, 0.15) is 41.9 Å². The maximum atomic E-state index is 12.6. The Morgan fingerprint density at radius 3 is 2.68 bits per heavy atom. The minimum atomic E-state index is -0.148. The fraction of sp³-hybridized carbons (Fsp3) is 0.400. The average molecular weight is 380 g/mol. The molecule has 1 amide bonds. The molecule has 4 heterocycles. The van der Waals surface area contributed by atoms with Gasteiger partial charge in [-0.25, -0.2) is 4.98 Å². The topological polar surface area (TPSA) is 89.1 Å². The highest BCUT2D eigenvalue weighted by molar-refractivity contribution is 5.93. The molecule has 1 aliphatic heterocycles. The van der Waals surface area contributed by atoms with Crippen LogP contribution in [0.5, 0.6) is 0 Å². The number of nitrogens with zero attached hydrogens (tertiary/aromatic N) is 5. The predicted octanol–water partition coefficient (Wildman–Crippen LogP) is 2.46. The number of rotatable bonds is 6. The van der Waals surface area contributed by atoms with Gasteiger partial charge in [-0.3, -0.25) is 14.3 Å². The number of nitrogens with one attached hydrogen (secondary N) is 1. The van der Waals surface area contributed by atoms with E-state index >= 15 is 0 Å². The number of aromatic nitrogens is 4. The Morgan fingerprint density at radius 1 is 1.25 bits per heavy atom. The van der Waals surface area contributed by atoms with Crippen LogP contribution in [-0.4, -0.2) is 50.2 Å². The Bertz CT molecular complexity index is 868. The molecule has 1 N–H and O–H groups in total. The summed E-state index contributed by atoms with van der Waals surface area (Å²) in [7, 11) is 0. The molecule has 3 aromatic heterocycles. The molecule has 0 aliphatic carbocycles. The van der Waals surface area contributed by atoms with Gasteiger partial charge in [0.05, 0.1) is 17.9 Å². The van der Waals surface area contributed by atoms with Crippen LogP contribution in [-0.2, 0) is 0 Å². The van der Waals surface area contributed by atoms with Crippen molar-refractivity contribution >= 4 is 5.91 Å². The second-order valence-corrected chi connectivity index (χ2v) is 7.23. The van der Waals surface area contributed by atoms with Crippen LogP contribution in [0, 0.1) is 5.92 Å². The molecule has 1 saturated heterocycles. The van der Waals surface area contributed by atoms with E-state index in [0.717, 1.165) is 24.8 Å². The minimum Gasteiger partial charge on any atom is -0.468 e. The number of furan rings is 1. The van der Waals surface area contributed by atoms with Crippen LogP contribution in [0.2, 0.25) is 0 Å². The quantitative estimate of drug-likeness (QED) is 0.707. The number of pyridine rings is 1. The van der Waals surface area contributed by atoms with Crippen molar-refractivity contribution in [3.63, 3.8) is 0 Å². The molecular formula is C20H24N6O2. The van der Waals surface area contributed by atoms with Gasteiger partial charge in [0.2, 0.25) is 0 Å². The molecule has 0 saturated carbocycles. The first-order chi connectivity index (χ1) is 13.7. The highest BCUT2D eigenvalue weighted by Gasteiger charge is 2.27. The molecule has 1 unspecified atom stereocenters. The van der Waals surface area contributed by atoms with Gasteiger partial charge in [-0.2, -0.15) is 0 Å². The second-order valence-electron chi connectivity index (χ2n) is 7.23. The number of carbonyl (C=O) groups excluding carboxylic acids is 1. The lowest BCUT2D eigenvalue weighted by molar-refractivity contribution is 0.0895. The van der Waals surface area contributed by atoms with Gasteiger partial charge in [-0.15, -0.1) is 10.2 Å². The Hall–Kier alpha value is -3.00. The van der Waals surface area contributed by atoms with Crippen molar-refractivity contribution in [2.24, 2.45) is 5.92 Å². The summed E-state index contributed by atoms with van der Waals surface area (Å²) in [5.41, 5.74) is 0.516. The number of amides is 1. The van der Waals surface area contributed by atoms with Gasteiger partial charge < -0.3 is 9.73 Å². The minimum absolute atomic E-state index is 0.0377. The van der Waals surface area contributed by atoms with Crippen molar-refractivity contribution < 1.29 is 9.21 Å². The van der Waals surface area contributed by atoms with Crippen LogP contribution < -0.4 is 5.32 Å². The van der Waals surface area contributed by atoms with Crippen molar-refractivity contribution in [1.82, 2.24) is 30.0 Å². The first kappa shape index (κ1) is 18.4. The highest BCUT2D eigenvalue weighted by atomic mass is 16.3. The van der Waals surface area contributed by atoms with Crippen molar-refractivity contribution in [2.75, 3.05) is 19.6 Å². The molecule has 1 aliphatic rings. The number of hydrogen-bond donors (Lipinski definition) is 1. The number of hydrogen-bond acceptors (Lipinski definition) is 6. The number of carbonyl (C=O) groups is 1. The van der Waals surface area contributed by atoms with Crippen LogP contribution in [0.25, 0.3) is 5.82 Å². The zero-order chi connectivity index (χ0) is 19.3. The third-order valence-corrected chi connectivity index (χ3v) is 5.28. The van der Waals surface area contributed by atoms with E-state index in [0.29, 0.717) is 17.9 Å². The maximum Gasteiger partial charge on any atom is 0.252 e. The number of likely N-dealkylation sites (tertiary alicyclic amines) is 1. The lowest BCUT2D eigenvalue weighted by Gasteiger charge is -2.35. The summed E-state index contributed by atoms with van der Waals surface area (Å²) in [6.07, 6.45) is 8.71. The Morgan fingerprint density at radius 2 is 2.04 bits per heavy atom. The van der Waals surface area contributed by atoms with Crippen molar-refractivity contribution in [3.8, 4) is 5.82 Å². The smallest absolute Gasteiger partial charge is 0.252 e. The van der Waals surface area contributed by atoms with Crippen molar-refractivity contribution in [3.05, 3.63) is 60.7 Å². The zero-order valence-electron chi connectivity index (χ0n) is 15.9. The van der Waals surface area contributed by atoms with E-state index in [4.69, 9.17) is 4.42 Å². The van der Waals surface area contributed by atoms with E-state index in [2.05, 4.69) is 32.3 Å². The fourth-order valence-corrected chi connectivity index (χ4v) is 3.51. The van der Waals surface area contributed by atoms with Crippen molar-refractivity contribution in [2.45, 2.75) is 25.8 Å². The summed E-state index contributed by atoms with van der Waals surface area (Å²) < 4.78 is 7.34. The molecule has 4 rings (SSSR count). The molecule has 3 aromatic rings. The normalized spacial score (nSPS) is 16.8. The van der Waals surface area contributed by atoms with Gasteiger partial charge in [-0.1, -0.05) is 6.92 Å². The Kier molecular flexibility index (Phi) is 5.48. The standard InChI is InChI=1S/C20H24N6O2/c1-15-6-8-25(9-7-15)17(18-3-2-10-28-18)12-22-20(27)16-4-5-19(21-11-16)26-13-23-24-14-26/h2-5,10-11,13-15,17H,6-9,12H2,1H3,(H,22,27). The lowest BCUT2D eigenvalue weighted by Crippen LogP contribution is -2.41. The van der Waals surface area contributed by atoms with Gasteiger partial charge in [-0.05, 0) is 56.1 Å². The first-order valence-electron chi connectivity index (χ1n) is 9.57. The predicted molar refractivity (Wildman–Crippen MR) is 103 cm³/mol. The van der Waals surface area contributed by atoms with E-state index in [1.165, 1.54) is 12.8 Å². The van der Waals surface area contributed by atoms with Crippen LogP contribution in [0.4, 0.5) is 0 Å². The maximum absolute atomic E-state index is 12.6. The van der Waals surface area contributed by atoms with Crippen LogP contribution in [0.3, 0.4) is 0 Å². The van der Waals surface area contributed by atoms with Crippen LogP contribution >= 0.6 is 0 Å². The van der Waals surface area contributed by atoms with Crippen molar-refractivity contribution in [1.29, 1.82) is 0 Å². The highest BCUT2D eigenvalue weighted by Crippen LogP contribution is 2.26. The molecule has 0 bridgehead atoms. The molecular weight excluding hydrogens is 356 g/mol. The fourth-order valence-electron chi connectivity index (χ4n) is 3.51. The molecule has 146 valence electrons. The zero-order valence-corrected chi connectivity index (χ0v) is 15.9. The van der Waals surface area contributed by atoms with E-state index in [1.54, 1.807) is 41.8 Å². The third-order valence-electron chi connectivity index (χ3n) is 5.28. The summed E-state index contributed by atoms with van der Waals surface area (Å²) in [4.78, 5) is 19.3. The van der Waals surface area contributed by atoms with Gasteiger partial charge in [0.15, 0.2) is 0 Å². The molecule has 0 spiro atoms. The summed E-state index contributed by atoms with van der Waals surface area (Å²) in [5, 5.41) is 10.6. The monoisotopic (exact) mass is 380 g/mol. The lowest BCUT2D eigenvalue weighted by atomic mass is 9.97. The Balaban J connectivity index is 1.41. The van der Waals surface area contributed by atoms with E-state index in [1.807, 2.05) is 12.1 Å². The van der Waals surface area contributed by atoms with E-state index in [9.17, 15) is 4.79 Å². The molecule has 0 aromatic carbocycles. The summed E-state index contributed by atoms with van der Waals surface area (Å²) >= 11 is 0.